The van der Waals surface area contributed by atoms with Gasteiger partial charge in [0.15, 0.2) is 24.6 Å². The predicted molar refractivity (Wildman–Crippen MR) is 101 cm³/mol. The SMILES string of the molecule is CC(=O)OCC1O[C@@H](OCCCI)C(OC(C)=O)C(OC(C)=O)[C@@H]1OC(C)=O. The summed E-state index contributed by atoms with van der Waals surface area (Å²) >= 11 is 2.18. The summed E-state index contributed by atoms with van der Waals surface area (Å²) in [5.41, 5.74) is 0. The molecule has 10 nitrogen and oxygen atoms in total. The molecule has 0 aromatic rings. The van der Waals surface area contributed by atoms with E-state index in [1.807, 2.05) is 0 Å². The van der Waals surface area contributed by atoms with Gasteiger partial charge in [0.25, 0.3) is 0 Å². The van der Waals surface area contributed by atoms with Gasteiger partial charge in [0, 0.05) is 32.1 Å². The highest BCUT2D eigenvalue weighted by Crippen LogP contribution is 2.30. The molecule has 1 rings (SSSR count). The summed E-state index contributed by atoms with van der Waals surface area (Å²) in [6, 6.07) is 0. The highest BCUT2D eigenvalue weighted by atomic mass is 127. The van der Waals surface area contributed by atoms with Crippen LogP contribution in [-0.2, 0) is 47.6 Å². The van der Waals surface area contributed by atoms with Crippen LogP contribution in [0.15, 0.2) is 0 Å². The Kier molecular flexibility index (Phi) is 10.7. The Balaban J connectivity index is 3.21. The second-order valence-corrected chi connectivity index (χ2v) is 7.06. The summed E-state index contributed by atoms with van der Waals surface area (Å²) in [6.07, 6.45) is -4.95. The van der Waals surface area contributed by atoms with Gasteiger partial charge in [-0.05, 0) is 6.42 Å². The first kappa shape index (κ1) is 24.6. The number of halogens is 1. The van der Waals surface area contributed by atoms with Crippen LogP contribution in [0.5, 0.6) is 0 Å². The molecule has 1 saturated heterocycles. The van der Waals surface area contributed by atoms with E-state index in [2.05, 4.69) is 22.6 Å². The number of hydrogen-bond donors (Lipinski definition) is 0. The zero-order valence-electron chi connectivity index (χ0n) is 16.2. The molecule has 11 heteroatoms. The van der Waals surface area contributed by atoms with E-state index in [0.29, 0.717) is 6.42 Å². The number of hydrogen-bond acceptors (Lipinski definition) is 10. The van der Waals surface area contributed by atoms with Crippen LogP contribution < -0.4 is 0 Å². The average Bonchev–Trinajstić information content (AvgIpc) is 2.57. The summed E-state index contributed by atoms with van der Waals surface area (Å²) < 4.78 is 33.1. The second-order valence-electron chi connectivity index (χ2n) is 5.98. The Bertz CT molecular complexity index is 566. The lowest BCUT2D eigenvalue weighted by Gasteiger charge is -2.44. The first-order valence-electron chi connectivity index (χ1n) is 8.63. The van der Waals surface area contributed by atoms with Crippen molar-refractivity contribution in [2.45, 2.75) is 64.8 Å². The molecule has 0 saturated carbocycles. The molecule has 160 valence electrons. The van der Waals surface area contributed by atoms with Crippen LogP contribution in [0.25, 0.3) is 0 Å². The summed E-state index contributed by atoms with van der Waals surface area (Å²) in [6.45, 7) is 4.73. The highest BCUT2D eigenvalue weighted by molar-refractivity contribution is 14.1. The smallest absolute Gasteiger partial charge is 0.303 e. The summed E-state index contributed by atoms with van der Waals surface area (Å²) in [7, 11) is 0. The van der Waals surface area contributed by atoms with Crippen molar-refractivity contribution in [3.8, 4) is 0 Å². The van der Waals surface area contributed by atoms with E-state index in [1.54, 1.807) is 0 Å². The van der Waals surface area contributed by atoms with Crippen LogP contribution in [0.1, 0.15) is 34.1 Å². The van der Waals surface area contributed by atoms with Gasteiger partial charge in [0.1, 0.15) is 12.7 Å². The monoisotopic (exact) mass is 516 g/mol. The largest absolute Gasteiger partial charge is 0.463 e. The fourth-order valence-corrected chi connectivity index (χ4v) is 2.89. The number of carbonyl (C=O) groups excluding carboxylic acids is 4. The molecule has 0 aromatic carbocycles. The first-order valence-corrected chi connectivity index (χ1v) is 10.2. The lowest BCUT2D eigenvalue weighted by atomic mass is 9.98. The van der Waals surface area contributed by atoms with Crippen LogP contribution in [-0.4, -0.2) is 72.2 Å². The van der Waals surface area contributed by atoms with Crippen molar-refractivity contribution in [3.63, 3.8) is 0 Å². The fourth-order valence-electron chi connectivity index (χ4n) is 2.58. The lowest BCUT2D eigenvalue weighted by Crippen LogP contribution is -2.63. The number of alkyl halides is 1. The van der Waals surface area contributed by atoms with Gasteiger partial charge in [0.2, 0.25) is 0 Å². The van der Waals surface area contributed by atoms with E-state index < -0.39 is 54.6 Å². The maximum Gasteiger partial charge on any atom is 0.303 e. The lowest BCUT2D eigenvalue weighted by molar-refractivity contribution is -0.308. The third kappa shape index (κ3) is 8.27. The van der Waals surface area contributed by atoms with E-state index in [-0.39, 0.29) is 13.2 Å². The van der Waals surface area contributed by atoms with E-state index in [4.69, 9.17) is 28.4 Å². The number of rotatable bonds is 9. The topological polar surface area (TPSA) is 124 Å². The zero-order valence-corrected chi connectivity index (χ0v) is 18.3. The van der Waals surface area contributed by atoms with E-state index in [9.17, 15) is 19.2 Å². The molecule has 1 aliphatic heterocycles. The van der Waals surface area contributed by atoms with Gasteiger partial charge in [0.05, 0.1) is 6.61 Å². The predicted octanol–water partition coefficient (Wildman–Crippen LogP) is 0.911. The summed E-state index contributed by atoms with van der Waals surface area (Å²) in [4.78, 5) is 46.0. The van der Waals surface area contributed by atoms with Crippen molar-refractivity contribution >= 4 is 46.5 Å². The molecular weight excluding hydrogens is 491 g/mol. The first-order chi connectivity index (χ1) is 13.1. The molecule has 0 radical (unpaired) electrons. The van der Waals surface area contributed by atoms with Gasteiger partial charge in [-0.25, -0.2) is 0 Å². The molecule has 0 bridgehead atoms. The molecule has 0 spiro atoms. The van der Waals surface area contributed by atoms with Crippen LogP contribution in [0.4, 0.5) is 0 Å². The van der Waals surface area contributed by atoms with Gasteiger partial charge >= 0.3 is 23.9 Å². The minimum atomic E-state index is -1.20. The number of esters is 4. The van der Waals surface area contributed by atoms with Crippen LogP contribution in [0.2, 0.25) is 0 Å². The van der Waals surface area contributed by atoms with Crippen molar-refractivity contribution in [2.75, 3.05) is 17.6 Å². The quantitative estimate of drug-likeness (QED) is 0.144. The van der Waals surface area contributed by atoms with Crippen LogP contribution in [0, 0.1) is 0 Å². The Hall–Kier alpha value is -1.47. The van der Waals surface area contributed by atoms with Crippen molar-refractivity contribution < 1.29 is 47.6 Å². The maximum absolute atomic E-state index is 11.6. The summed E-state index contributed by atoms with van der Waals surface area (Å²) in [5.74, 6) is -2.59. The van der Waals surface area contributed by atoms with Gasteiger partial charge in [-0.15, -0.1) is 0 Å². The number of ether oxygens (including phenoxy) is 6. The number of carbonyl (C=O) groups is 4. The van der Waals surface area contributed by atoms with Crippen LogP contribution >= 0.6 is 22.6 Å². The Morgan fingerprint density at radius 3 is 1.86 bits per heavy atom. The second kappa shape index (κ2) is 12.2. The van der Waals surface area contributed by atoms with Crippen molar-refractivity contribution in [2.24, 2.45) is 0 Å². The Morgan fingerprint density at radius 2 is 1.36 bits per heavy atom. The Labute approximate surface area is 176 Å². The summed E-state index contributed by atoms with van der Waals surface area (Å²) in [5, 5.41) is 0. The zero-order chi connectivity index (χ0) is 21.3. The molecular formula is C17H25IO10. The van der Waals surface area contributed by atoms with Gasteiger partial charge < -0.3 is 28.4 Å². The molecule has 0 aliphatic carbocycles. The van der Waals surface area contributed by atoms with E-state index in [1.165, 1.54) is 13.8 Å². The van der Waals surface area contributed by atoms with E-state index >= 15 is 0 Å². The molecule has 1 fully saturated rings. The molecule has 0 N–H and O–H groups in total. The van der Waals surface area contributed by atoms with Crippen molar-refractivity contribution in [1.29, 1.82) is 0 Å². The fraction of sp³-hybridized carbons (Fsp3) is 0.765. The van der Waals surface area contributed by atoms with Gasteiger partial charge in [-0.1, -0.05) is 22.6 Å². The normalized spacial score (nSPS) is 26.8. The molecule has 3 unspecified atom stereocenters. The third-order valence-corrected chi connectivity index (χ3v) is 4.27. The van der Waals surface area contributed by atoms with Crippen molar-refractivity contribution in [3.05, 3.63) is 0 Å². The third-order valence-electron chi connectivity index (χ3n) is 3.51. The van der Waals surface area contributed by atoms with Gasteiger partial charge in [-0.3, -0.25) is 19.2 Å². The molecule has 0 aromatic heterocycles. The maximum atomic E-state index is 11.6. The molecule has 1 aliphatic rings. The molecule has 28 heavy (non-hydrogen) atoms. The van der Waals surface area contributed by atoms with E-state index in [0.717, 1.165) is 18.3 Å². The molecule has 5 atom stereocenters. The van der Waals surface area contributed by atoms with Crippen molar-refractivity contribution in [1.82, 2.24) is 0 Å². The minimum absolute atomic E-state index is 0.274. The molecule has 0 amide bonds. The molecule has 1 heterocycles. The highest BCUT2D eigenvalue weighted by Gasteiger charge is 2.52. The standard InChI is InChI=1S/C17H25IO10/c1-9(19)24-8-13-14(25-10(2)20)15(26-11(3)21)16(27-12(4)22)17(28-13)23-7-5-6-18/h13-17H,5-8H2,1-4H3/t13?,14-,15?,16?,17-/m1/s1. The Morgan fingerprint density at radius 1 is 0.821 bits per heavy atom. The average molecular weight is 516 g/mol. The van der Waals surface area contributed by atoms with Gasteiger partial charge in [-0.2, -0.15) is 0 Å². The van der Waals surface area contributed by atoms with Crippen LogP contribution in [0.3, 0.4) is 0 Å². The minimum Gasteiger partial charge on any atom is -0.463 e.